The van der Waals surface area contributed by atoms with E-state index in [0.717, 1.165) is 10.7 Å². The summed E-state index contributed by atoms with van der Waals surface area (Å²) in [6.45, 7) is 1.91. The van der Waals surface area contributed by atoms with Crippen LogP contribution in [0.25, 0.3) is 0 Å². The number of aromatic nitrogens is 1. The van der Waals surface area contributed by atoms with Crippen molar-refractivity contribution in [2.45, 2.75) is 38.2 Å². The molecule has 2 rings (SSSR count). The van der Waals surface area contributed by atoms with Crippen LogP contribution in [0, 0.1) is 6.92 Å². The SMILES string of the molecule is Cc1csc(C2(O)CCC(=O)CC2)n1. The van der Waals surface area contributed by atoms with Gasteiger partial charge in [-0.2, -0.15) is 0 Å². The predicted molar refractivity (Wildman–Crippen MR) is 54.2 cm³/mol. The van der Waals surface area contributed by atoms with E-state index in [-0.39, 0.29) is 5.78 Å². The van der Waals surface area contributed by atoms with Crippen molar-refractivity contribution in [2.24, 2.45) is 0 Å². The molecule has 4 heteroatoms. The smallest absolute Gasteiger partial charge is 0.133 e. The van der Waals surface area contributed by atoms with Crippen molar-refractivity contribution in [2.75, 3.05) is 0 Å². The van der Waals surface area contributed by atoms with Gasteiger partial charge in [0.15, 0.2) is 0 Å². The van der Waals surface area contributed by atoms with E-state index in [1.807, 2.05) is 12.3 Å². The van der Waals surface area contributed by atoms with Crippen LogP contribution in [0.4, 0.5) is 0 Å². The summed E-state index contributed by atoms with van der Waals surface area (Å²) in [6, 6.07) is 0. The van der Waals surface area contributed by atoms with Gasteiger partial charge in [-0.05, 0) is 19.8 Å². The molecule has 76 valence electrons. The summed E-state index contributed by atoms with van der Waals surface area (Å²) in [6.07, 6.45) is 2.02. The second kappa shape index (κ2) is 3.44. The van der Waals surface area contributed by atoms with Crippen LogP contribution in [-0.4, -0.2) is 15.9 Å². The first-order chi connectivity index (χ1) is 6.60. The van der Waals surface area contributed by atoms with Crippen molar-refractivity contribution in [3.8, 4) is 0 Å². The number of hydrogen-bond donors (Lipinski definition) is 1. The number of thiazole rings is 1. The van der Waals surface area contributed by atoms with E-state index in [1.54, 1.807) is 0 Å². The molecule has 1 aliphatic carbocycles. The van der Waals surface area contributed by atoms with Gasteiger partial charge in [0.2, 0.25) is 0 Å². The van der Waals surface area contributed by atoms with Crippen molar-refractivity contribution in [3.05, 3.63) is 16.1 Å². The fourth-order valence-electron chi connectivity index (χ4n) is 1.72. The van der Waals surface area contributed by atoms with Gasteiger partial charge in [-0.3, -0.25) is 4.79 Å². The van der Waals surface area contributed by atoms with E-state index in [0.29, 0.717) is 25.7 Å². The first kappa shape index (κ1) is 9.80. The number of aryl methyl sites for hydroxylation is 1. The van der Waals surface area contributed by atoms with Gasteiger partial charge < -0.3 is 5.11 Å². The first-order valence-corrected chi connectivity index (χ1v) is 5.65. The first-order valence-electron chi connectivity index (χ1n) is 4.77. The molecular formula is C10H13NO2S. The van der Waals surface area contributed by atoms with Gasteiger partial charge in [0.25, 0.3) is 0 Å². The Morgan fingerprint density at radius 3 is 2.64 bits per heavy atom. The Labute approximate surface area is 86.8 Å². The molecule has 0 saturated heterocycles. The lowest BCUT2D eigenvalue weighted by molar-refractivity contribution is -0.125. The van der Waals surface area contributed by atoms with Crippen LogP contribution in [0.5, 0.6) is 0 Å². The average Bonchev–Trinajstić information content (AvgIpc) is 2.58. The maximum absolute atomic E-state index is 11.1. The van der Waals surface area contributed by atoms with Crippen LogP contribution >= 0.6 is 11.3 Å². The molecule has 1 aromatic heterocycles. The molecule has 1 saturated carbocycles. The van der Waals surface area contributed by atoms with Gasteiger partial charge in [-0.1, -0.05) is 0 Å². The third kappa shape index (κ3) is 1.72. The molecule has 0 atom stereocenters. The number of aliphatic hydroxyl groups is 1. The van der Waals surface area contributed by atoms with E-state index < -0.39 is 5.60 Å². The molecule has 0 spiro atoms. The van der Waals surface area contributed by atoms with Crippen molar-refractivity contribution in [1.29, 1.82) is 0 Å². The molecule has 0 radical (unpaired) electrons. The summed E-state index contributed by atoms with van der Waals surface area (Å²) in [5.41, 5.74) is 0.0997. The zero-order chi connectivity index (χ0) is 10.2. The third-order valence-corrected chi connectivity index (χ3v) is 3.81. The normalized spacial score (nSPS) is 21.1. The Morgan fingerprint density at radius 1 is 1.50 bits per heavy atom. The molecule has 0 bridgehead atoms. The largest absolute Gasteiger partial charge is 0.383 e. The van der Waals surface area contributed by atoms with Crippen LogP contribution in [0.1, 0.15) is 36.4 Å². The lowest BCUT2D eigenvalue weighted by Crippen LogP contribution is -2.31. The van der Waals surface area contributed by atoms with Gasteiger partial charge in [0.05, 0.1) is 0 Å². The maximum Gasteiger partial charge on any atom is 0.133 e. The van der Waals surface area contributed by atoms with Crippen LogP contribution in [-0.2, 0) is 10.4 Å². The molecule has 1 aromatic rings. The summed E-state index contributed by atoms with van der Waals surface area (Å²) in [4.78, 5) is 15.3. The molecule has 1 N–H and O–H groups in total. The van der Waals surface area contributed by atoms with Gasteiger partial charge in [0.1, 0.15) is 16.4 Å². The van der Waals surface area contributed by atoms with E-state index in [2.05, 4.69) is 4.98 Å². The Hall–Kier alpha value is -0.740. The van der Waals surface area contributed by atoms with E-state index in [4.69, 9.17) is 0 Å². The quantitative estimate of drug-likeness (QED) is 0.770. The Kier molecular flexibility index (Phi) is 2.41. The molecule has 1 fully saturated rings. The maximum atomic E-state index is 11.1. The Morgan fingerprint density at radius 2 is 2.14 bits per heavy atom. The number of Topliss-reactive ketones (excluding diaryl/α,β-unsaturated/α-hetero) is 1. The molecule has 14 heavy (non-hydrogen) atoms. The highest BCUT2D eigenvalue weighted by Crippen LogP contribution is 2.36. The molecule has 0 amide bonds. The highest BCUT2D eigenvalue weighted by molar-refractivity contribution is 7.09. The molecule has 0 aromatic carbocycles. The summed E-state index contributed by atoms with van der Waals surface area (Å²) in [5, 5.41) is 13.0. The van der Waals surface area contributed by atoms with E-state index in [9.17, 15) is 9.90 Å². The number of rotatable bonds is 1. The molecule has 0 aliphatic heterocycles. The average molecular weight is 211 g/mol. The van der Waals surface area contributed by atoms with E-state index in [1.165, 1.54) is 11.3 Å². The Bertz CT molecular complexity index is 349. The van der Waals surface area contributed by atoms with Gasteiger partial charge in [-0.15, -0.1) is 11.3 Å². The molecule has 1 aliphatic rings. The summed E-state index contributed by atoms with van der Waals surface area (Å²) in [7, 11) is 0. The molecular weight excluding hydrogens is 198 g/mol. The monoisotopic (exact) mass is 211 g/mol. The number of carbonyl (C=O) groups is 1. The third-order valence-electron chi connectivity index (χ3n) is 2.65. The van der Waals surface area contributed by atoms with Crippen LogP contribution in [0.15, 0.2) is 5.38 Å². The predicted octanol–water partition coefficient (Wildman–Crippen LogP) is 1.78. The van der Waals surface area contributed by atoms with Crippen molar-refractivity contribution >= 4 is 17.1 Å². The fraction of sp³-hybridized carbons (Fsp3) is 0.600. The fourth-order valence-corrected chi connectivity index (χ4v) is 2.68. The summed E-state index contributed by atoms with van der Waals surface area (Å²) >= 11 is 1.48. The lowest BCUT2D eigenvalue weighted by atomic mass is 9.85. The lowest BCUT2D eigenvalue weighted by Gasteiger charge is -2.29. The second-order valence-corrected chi connectivity index (χ2v) is 4.72. The number of ketones is 1. The highest BCUT2D eigenvalue weighted by atomic mass is 32.1. The van der Waals surface area contributed by atoms with Crippen molar-refractivity contribution < 1.29 is 9.90 Å². The van der Waals surface area contributed by atoms with Crippen LogP contribution in [0.3, 0.4) is 0 Å². The number of carbonyl (C=O) groups excluding carboxylic acids is 1. The zero-order valence-electron chi connectivity index (χ0n) is 8.12. The second-order valence-electron chi connectivity index (χ2n) is 3.86. The summed E-state index contributed by atoms with van der Waals surface area (Å²) in [5.74, 6) is 0.253. The van der Waals surface area contributed by atoms with Gasteiger partial charge >= 0.3 is 0 Å². The molecule has 3 nitrogen and oxygen atoms in total. The number of nitrogens with zero attached hydrogens (tertiary/aromatic N) is 1. The minimum atomic E-state index is -0.840. The van der Waals surface area contributed by atoms with Gasteiger partial charge in [0, 0.05) is 23.9 Å². The van der Waals surface area contributed by atoms with Gasteiger partial charge in [-0.25, -0.2) is 4.98 Å². The zero-order valence-corrected chi connectivity index (χ0v) is 8.93. The molecule has 1 heterocycles. The van der Waals surface area contributed by atoms with Crippen LogP contribution in [0.2, 0.25) is 0 Å². The van der Waals surface area contributed by atoms with Crippen LogP contribution < -0.4 is 0 Å². The molecule has 0 unspecified atom stereocenters. The summed E-state index contributed by atoms with van der Waals surface area (Å²) < 4.78 is 0. The van der Waals surface area contributed by atoms with E-state index >= 15 is 0 Å². The highest BCUT2D eigenvalue weighted by Gasteiger charge is 2.36. The standard InChI is InChI=1S/C10H13NO2S/c1-7-6-14-9(11-7)10(13)4-2-8(12)3-5-10/h6,13H,2-5H2,1H3. The Balaban J connectivity index is 2.20. The van der Waals surface area contributed by atoms with Crippen molar-refractivity contribution in [1.82, 2.24) is 4.98 Å². The minimum Gasteiger partial charge on any atom is -0.383 e. The topological polar surface area (TPSA) is 50.2 Å². The number of hydrogen-bond acceptors (Lipinski definition) is 4. The van der Waals surface area contributed by atoms with Crippen molar-refractivity contribution in [3.63, 3.8) is 0 Å². The minimum absolute atomic E-state index is 0.253.